The zero-order chi connectivity index (χ0) is 22.1. The Morgan fingerprint density at radius 3 is 2.56 bits per heavy atom. The third kappa shape index (κ3) is 3.50. The number of H-pyrrole nitrogens is 1. The van der Waals surface area contributed by atoms with Gasteiger partial charge in [-0.15, -0.1) is 10.2 Å². The molecule has 0 saturated carbocycles. The fourth-order valence-electron chi connectivity index (χ4n) is 4.45. The monoisotopic (exact) mass is 428 g/mol. The van der Waals surface area contributed by atoms with Crippen LogP contribution in [-0.4, -0.2) is 43.0 Å². The molecule has 0 spiro atoms. The normalized spacial score (nSPS) is 14.5. The standard InChI is InChI=1S/C23H21FN8/c1-31-14-28-30-23(31)15-7-10-32(11-8-15)22-17(16-2-5-21(24)26-13-16)3-4-18(19(22)12-25)20-6-9-27-29-20/h2-6,9,13-15H,7-8,10-11H2,1H3,(H,27,29). The summed E-state index contributed by atoms with van der Waals surface area (Å²) < 4.78 is 15.4. The van der Waals surface area contributed by atoms with Gasteiger partial charge in [-0.25, -0.2) is 4.98 Å². The highest BCUT2D eigenvalue weighted by Gasteiger charge is 2.28. The molecule has 0 aliphatic carbocycles. The van der Waals surface area contributed by atoms with Crippen molar-refractivity contribution in [1.82, 2.24) is 29.9 Å². The third-order valence-electron chi connectivity index (χ3n) is 6.03. The van der Waals surface area contributed by atoms with Gasteiger partial charge in [0.2, 0.25) is 5.95 Å². The van der Waals surface area contributed by atoms with E-state index in [1.54, 1.807) is 18.6 Å². The zero-order valence-electron chi connectivity index (χ0n) is 17.5. The van der Waals surface area contributed by atoms with E-state index in [1.807, 2.05) is 29.8 Å². The van der Waals surface area contributed by atoms with Crippen LogP contribution in [0.1, 0.15) is 30.1 Å². The summed E-state index contributed by atoms with van der Waals surface area (Å²) in [4.78, 5) is 6.06. The molecule has 0 bridgehead atoms. The van der Waals surface area contributed by atoms with E-state index in [0.717, 1.165) is 54.1 Å². The lowest BCUT2D eigenvalue weighted by molar-refractivity contribution is 0.474. The number of pyridine rings is 1. The van der Waals surface area contributed by atoms with E-state index in [0.29, 0.717) is 17.2 Å². The predicted octanol–water partition coefficient (Wildman–Crippen LogP) is 3.66. The highest BCUT2D eigenvalue weighted by molar-refractivity contribution is 5.89. The Morgan fingerprint density at radius 1 is 1.12 bits per heavy atom. The van der Waals surface area contributed by atoms with Crippen molar-refractivity contribution in [3.8, 4) is 28.5 Å². The maximum absolute atomic E-state index is 13.5. The van der Waals surface area contributed by atoms with Crippen LogP contribution in [0.4, 0.5) is 10.1 Å². The van der Waals surface area contributed by atoms with Crippen LogP contribution in [0.25, 0.3) is 22.4 Å². The number of anilines is 1. The lowest BCUT2D eigenvalue weighted by Gasteiger charge is -2.35. The molecule has 1 N–H and O–H groups in total. The summed E-state index contributed by atoms with van der Waals surface area (Å²) in [5.41, 5.74) is 4.47. The van der Waals surface area contributed by atoms with Gasteiger partial charge in [-0.3, -0.25) is 5.10 Å². The molecule has 3 aromatic heterocycles. The van der Waals surface area contributed by atoms with Gasteiger partial charge in [0.15, 0.2) is 0 Å². The molecule has 1 aliphatic rings. The number of piperidine rings is 1. The summed E-state index contributed by atoms with van der Waals surface area (Å²) >= 11 is 0. The highest BCUT2D eigenvalue weighted by Crippen LogP contribution is 2.41. The molecule has 8 nitrogen and oxygen atoms in total. The first kappa shape index (κ1) is 19.9. The molecule has 4 heterocycles. The summed E-state index contributed by atoms with van der Waals surface area (Å²) in [6.45, 7) is 1.52. The van der Waals surface area contributed by atoms with Gasteiger partial charge in [0, 0.05) is 55.1 Å². The summed E-state index contributed by atoms with van der Waals surface area (Å²) in [5, 5.41) is 25.6. The van der Waals surface area contributed by atoms with Crippen molar-refractivity contribution in [2.75, 3.05) is 18.0 Å². The van der Waals surface area contributed by atoms with Crippen molar-refractivity contribution in [2.45, 2.75) is 18.8 Å². The summed E-state index contributed by atoms with van der Waals surface area (Å²) in [6.07, 6.45) is 6.76. The summed E-state index contributed by atoms with van der Waals surface area (Å²) in [7, 11) is 1.96. The van der Waals surface area contributed by atoms with Crippen LogP contribution in [0.15, 0.2) is 49.1 Å². The first-order chi connectivity index (χ1) is 15.7. The fraction of sp³-hybridized carbons (Fsp3) is 0.261. The lowest BCUT2D eigenvalue weighted by atomic mass is 9.91. The van der Waals surface area contributed by atoms with Gasteiger partial charge in [-0.1, -0.05) is 12.1 Å². The number of rotatable bonds is 4. The van der Waals surface area contributed by atoms with Crippen LogP contribution in [-0.2, 0) is 7.05 Å². The summed E-state index contributed by atoms with van der Waals surface area (Å²) in [6, 6.07) is 11.1. The minimum Gasteiger partial charge on any atom is -0.370 e. The number of aryl methyl sites for hydroxylation is 1. The molecule has 32 heavy (non-hydrogen) atoms. The van der Waals surface area contributed by atoms with Gasteiger partial charge in [-0.2, -0.15) is 14.8 Å². The molecular formula is C23H21FN8. The number of halogens is 1. The van der Waals surface area contributed by atoms with Crippen LogP contribution >= 0.6 is 0 Å². The van der Waals surface area contributed by atoms with E-state index in [-0.39, 0.29) is 0 Å². The van der Waals surface area contributed by atoms with Gasteiger partial charge < -0.3 is 9.47 Å². The van der Waals surface area contributed by atoms with E-state index in [1.165, 1.54) is 12.3 Å². The predicted molar refractivity (Wildman–Crippen MR) is 117 cm³/mol. The molecule has 0 amide bonds. The quantitative estimate of drug-likeness (QED) is 0.498. The smallest absolute Gasteiger partial charge is 0.212 e. The third-order valence-corrected chi connectivity index (χ3v) is 6.03. The first-order valence-corrected chi connectivity index (χ1v) is 10.4. The molecule has 9 heteroatoms. The van der Waals surface area contributed by atoms with E-state index in [9.17, 15) is 9.65 Å². The molecule has 1 saturated heterocycles. The largest absolute Gasteiger partial charge is 0.370 e. The van der Waals surface area contributed by atoms with Crippen LogP contribution in [0.5, 0.6) is 0 Å². The van der Waals surface area contributed by atoms with Crippen LogP contribution < -0.4 is 4.90 Å². The van der Waals surface area contributed by atoms with E-state index >= 15 is 0 Å². The Balaban J connectivity index is 1.57. The molecule has 1 aliphatic heterocycles. The Kier molecular flexibility index (Phi) is 5.11. The number of aromatic amines is 1. The number of hydrogen-bond acceptors (Lipinski definition) is 6. The van der Waals surface area contributed by atoms with Crippen molar-refractivity contribution >= 4 is 5.69 Å². The Labute approximate surface area is 184 Å². The summed E-state index contributed by atoms with van der Waals surface area (Å²) in [5.74, 6) is 0.765. The van der Waals surface area contributed by atoms with Crippen LogP contribution in [0.2, 0.25) is 0 Å². The Hall–Kier alpha value is -4.06. The van der Waals surface area contributed by atoms with Crippen molar-refractivity contribution in [2.24, 2.45) is 7.05 Å². The minimum absolute atomic E-state index is 0.315. The highest BCUT2D eigenvalue weighted by atomic mass is 19.1. The molecule has 1 fully saturated rings. The average molecular weight is 428 g/mol. The number of benzene rings is 1. The Bertz CT molecular complexity index is 1260. The van der Waals surface area contributed by atoms with Gasteiger partial charge in [0.25, 0.3) is 0 Å². The first-order valence-electron chi connectivity index (χ1n) is 10.4. The van der Waals surface area contributed by atoms with Crippen molar-refractivity contribution in [1.29, 1.82) is 5.26 Å². The zero-order valence-corrected chi connectivity index (χ0v) is 17.5. The molecule has 1 aromatic carbocycles. The molecule has 0 atom stereocenters. The number of aromatic nitrogens is 6. The van der Waals surface area contributed by atoms with Crippen molar-refractivity contribution in [3.63, 3.8) is 0 Å². The average Bonchev–Trinajstić information content (AvgIpc) is 3.51. The van der Waals surface area contributed by atoms with Gasteiger partial charge in [-0.05, 0) is 31.0 Å². The van der Waals surface area contributed by atoms with E-state index in [4.69, 9.17) is 0 Å². The minimum atomic E-state index is -0.534. The number of nitrogens with zero attached hydrogens (tertiary/aromatic N) is 7. The lowest BCUT2D eigenvalue weighted by Crippen LogP contribution is -2.34. The fourth-order valence-corrected chi connectivity index (χ4v) is 4.45. The second-order valence-electron chi connectivity index (χ2n) is 7.89. The van der Waals surface area contributed by atoms with Gasteiger partial charge in [0.05, 0.1) is 16.9 Å². The van der Waals surface area contributed by atoms with Crippen LogP contribution in [0, 0.1) is 17.3 Å². The molecular weight excluding hydrogens is 407 g/mol. The van der Waals surface area contributed by atoms with E-state index in [2.05, 4.69) is 36.3 Å². The number of nitrogens with one attached hydrogen (secondary N) is 1. The number of nitriles is 1. The molecule has 5 rings (SSSR count). The molecule has 0 radical (unpaired) electrons. The topological polar surface area (TPSA) is 99.3 Å². The SMILES string of the molecule is Cn1cnnc1C1CCN(c2c(-c3ccc(F)nc3)ccc(-c3cc[nH]n3)c2C#N)CC1. The molecule has 4 aromatic rings. The number of hydrogen-bond donors (Lipinski definition) is 1. The Morgan fingerprint density at radius 2 is 1.94 bits per heavy atom. The second kappa shape index (κ2) is 8.23. The second-order valence-corrected chi connectivity index (χ2v) is 7.89. The van der Waals surface area contributed by atoms with Crippen molar-refractivity contribution in [3.05, 3.63) is 66.4 Å². The molecule has 160 valence electrons. The van der Waals surface area contributed by atoms with E-state index < -0.39 is 5.95 Å². The van der Waals surface area contributed by atoms with Gasteiger partial charge >= 0.3 is 0 Å². The maximum atomic E-state index is 13.5. The van der Waals surface area contributed by atoms with Crippen LogP contribution in [0.3, 0.4) is 0 Å². The van der Waals surface area contributed by atoms with Crippen molar-refractivity contribution < 1.29 is 4.39 Å². The maximum Gasteiger partial charge on any atom is 0.212 e. The molecule has 0 unspecified atom stereocenters. The van der Waals surface area contributed by atoms with Gasteiger partial charge in [0.1, 0.15) is 18.2 Å².